The molecule has 0 fully saturated rings. The van der Waals surface area contributed by atoms with Gasteiger partial charge in [0.15, 0.2) is 23.2 Å². The number of halogens is 2. The van der Waals surface area contributed by atoms with Crippen LogP contribution in [0.4, 0.5) is 4.39 Å². The summed E-state index contributed by atoms with van der Waals surface area (Å²) in [5, 5.41) is 13.2. The second-order valence-corrected chi connectivity index (χ2v) is 7.45. The number of aliphatic hydroxyl groups is 1. The van der Waals surface area contributed by atoms with Gasteiger partial charge >= 0.3 is 5.69 Å². The van der Waals surface area contributed by atoms with Crippen molar-refractivity contribution in [2.24, 2.45) is 0 Å². The number of ketones is 1. The minimum Gasteiger partial charge on any atom is -0.474 e. The molecular weight excluding hydrogens is 445 g/mol. The molecule has 0 aliphatic carbocycles. The number of hydrogen-bond acceptors (Lipinski definition) is 7. The van der Waals surface area contributed by atoms with Crippen LogP contribution in [0.25, 0.3) is 5.82 Å². The summed E-state index contributed by atoms with van der Waals surface area (Å²) in [5.74, 6) is -2.22. The second kappa shape index (κ2) is 9.45. The molecule has 0 aliphatic heterocycles. The van der Waals surface area contributed by atoms with E-state index < -0.39 is 41.4 Å². The highest BCUT2D eigenvalue weighted by molar-refractivity contribution is 6.31. The number of H-pyrrole nitrogens is 1. The first-order chi connectivity index (χ1) is 15.2. The lowest BCUT2D eigenvalue weighted by atomic mass is 10.0. The third-order valence-corrected chi connectivity index (χ3v) is 4.91. The first-order valence-corrected chi connectivity index (χ1v) is 10.1. The zero-order chi connectivity index (χ0) is 23.6. The van der Waals surface area contributed by atoms with E-state index in [-0.39, 0.29) is 40.8 Å². The Morgan fingerprint density at radius 2 is 2.09 bits per heavy atom. The van der Waals surface area contributed by atoms with Crippen molar-refractivity contribution in [2.45, 2.75) is 46.4 Å². The first-order valence-electron chi connectivity index (χ1n) is 9.74. The molecular formula is C20H21ClFN5O5. The number of ether oxygens (including phenoxy) is 1. The van der Waals surface area contributed by atoms with Gasteiger partial charge in [-0.1, -0.05) is 11.6 Å². The van der Waals surface area contributed by atoms with E-state index in [1.54, 1.807) is 20.8 Å². The number of carbonyl (C=O) groups excluding carboxylic acids is 1. The van der Waals surface area contributed by atoms with Gasteiger partial charge in [-0.25, -0.2) is 9.18 Å². The van der Waals surface area contributed by atoms with E-state index in [1.165, 1.54) is 12.3 Å². The van der Waals surface area contributed by atoms with Crippen LogP contribution in [0.3, 0.4) is 0 Å². The van der Waals surface area contributed by atoms with Crippen molar-refractivity contribution in [1.82, 2.24) is 24.3 Å². The Morgan fingerprint density at radius 3 is 2.69 bits per heavy atom. The minimum atomic E-state index is -0.992. The summed E-state index contributed by atoms with van der Waals surface area (Å²) in [6, 6.07) is 2.37. The van der Waals surface area contributed by atoms with E-state index in [4.69, 9.17) is 16.3 Å². The monoisotopic (exact) mass is 465 g/mol. The lowest BCUT2D eigenvalue weighted by Gasteiger charge is -2.14. The molecule has 3 aromatic rings. The lowest BCUT2D eigenvalue weighted by molar-refractivity contribution is 0.0985. The number of aromatic nitrogens is 5. The number of aliphatic hydroxyl groups excluding tert-OH is 1. The van der Waals surface area contributed by atoms with E-state index in [1.807, 2.05) is 0 Å². The molecule has 10 nitrogen and oxygen atoms in total. The van der Waals surface area contributed by atoms with E-state index in [0.717, 1.165) is 10.6 Å². The van der Waals surface area contributed by atoms with E-state index in [0.29, 0.717) is 4.68 Å². The van der Waals surface area contributed by atoms with Gasteiger partial charge in [-0.3, -0.25) is 14.2 Å². The summed E-state index contributed by atoms with van der Waals surface area (Å²) in [5.41, 5.74) is -1.18. The number of nitrogens with one attached hydrogen (secondary N) is 1. The zero-order valence-corrected chi connectivity index (χ0v) is 18.3. The van der Waals surface area contributed by atoms with Gasteiger partial charge in [0.05, 0.1) is 11.7 Å². The van der Waals surface area contributed by atoms with Crippen molar-refractivity contribution in [1.29, 1.82) is 0 Å². The molecule has 170 valence electrons. The SMILES string of the molecule is CCn1c(CO)nn(-c2nc(OC(C)C)c(C(=O)Cc3cc[nH]c(=O)c3Cl)cc2F)c1=O. The van der Waals surface area contributed by atoms with Crippen LogP contribution >= 0.6 is 11.6 Å². The highest BCUT2D eigenvalue weighted by Crippen LogP contribution is 2.24. The fourth-order valence-electron chi connectivity index (χ4n) is 3.04. The van der Waals surface area contributed by atoms with Crippen molar-refractivity contribution >= 4 is 17.4 Å². The molecule has 12 heteroatoms. The third-order valence-electron chi connectivity index (χ3n) is 4.50. The second-order valence-electron chi connectivity index (χ2n) is 7.07. The van der Waals surface area contributed by atoms with Crippen molar-refractivity contribution in [3.63, 3.8) is 0 Å². The van der Waals surface area contributed by atoms with Crippen LogP contribution in [0.1, 0.15) is 42.5 Å². The molecule has 0 unspecified atom stereocenters. The van der Waals surface area contributed by atoms with Gasteiger partial charge < -0.3 is 14.8 Å². The van der Waals surface area contributed by atoms with Gasteiger partial charge in [-0.05, 0) is 38.5 Å². The Hall–Kier alpha value is -3.31. The topological polar surface area (TPSA) is 132 Å². The normalized spacial score (nSPS) is 11.2. The quantitative estimate of drug-likeness (QED) is 0.483. The Balaban J connectivity index is 2.11. The number of nitrogens with zero attached hydrogens (tertiary/aromatic N) is 4. The summed E-state index contributed by atoms with van der Waals surface area (Å²) in [6.45, 7) is 4.73. The molecule has 0 radical (unpaired) electrons. The molecule has 0 bridgehead atoms. The van der Waals surface area contributed by atoms with Gasteiger partial charge in [0.25, 0.3) is 5.56 Å². The fraction of sp³-hybridized carbons (Fsp3) is 0.350. The van der Waals surface area contributed by atoms with E-state index in [9.17, 15) is 19.5 Å². The molecule has 3 rings (SSSR count). The van der Waals surface area contributed by atoms with Crippen LogP contribution < -0.4 is 16.0 Å². The van der Waals surface area contributed by atoms with Crippen molar-refractivity contribution in [3.8, 4) is 11.7 Å². The molecule has 3 aromatic heterocycles. The first kappa shape index (κ1) is 23.4. The largest absolute Gasteiger partial charge is 0.474 e. The van der Waals surface area contributed by atoms with Gasteiger partial charge in [0.1, 0.15) is 11.6 Å². The van der Waals surface area contributed by atoms with E-state index >= 15 is 4.39 Å². The highest BCUT2D eigenvalue weighted by Gasteiger charge is 2.24. The van der Waals surface area contributed by atoms with Gasteiger partial charge in [0, 0.05) is 19.2 Å². The van der Waals surface area contributed by atoms with Crippen LogP contribution in [0, 0.1) is 5.82 Å². The minimum absolute atomic E-state index is 0.0362. The molecule has 0 saturated carbocycles. The Kier molecular flexibility index (Phi) is 6.90. The maximum Gasteiger partial charge on any atom is 0.352 e. The third kappa shape index (κ3) is 4.48. The Morgan fingerprint density at radius 1 is 1.38 bits per heavy atom. The maximum absolute atomic E-state index is 15.0. The smallest absolute Gasteiger partial charge is 0.352 e. The Labute approximate surface area is 186 Å². The number of carbonyl (C=O) groups is 1. The van der Waals surface area contributed by atoms with Gasteiger partial charge in [-0.15, -0.1) is 5.10 Å². The van der Waals surface area contributed by atoms with Crippen molar-refractivity contribution in [2.75, 3.05) is 0 Å². The number of rotatable bonds is 8. The summed E-state index contributed by atoms with van der Waals surface area (Å²) in [7, 11) is 0. The predicted octanol–water partition coefficient (Wildman–Crippen LogP) is 1.63. The molecule has 0 saturated heterocycles. The number of Topliss-reactive ketones (excluding diaryl/α,β-unsaturated/α-hetero) is 1. The maximum atomic E-state index is 15.0. The van der Waals surface area contributed by atoms with Gasteiger partial charge in [0.2, 0.25) is 5.88 Å². The average molecular weight is 466 g/mol. The Bertz CT molecular complexity index is 1280. The molecule has 0 spiro atoms. The van der Waals surface area contributed by atoms with Crippen LogP contribution in [0.2, 0.25) is 5.02 Å². The number of pyridine rings is 2. The lowest BCUT2D eigenvalue weighted by Crippen LogP contribution is -2.26. The molecule has 32 heavy (non-hydrogen) atoms. The zero-order valence-electron chi connectivity index (χ0n) is 17.6. The van der Waals surface area contributed by atoms with Gasteiger partial charge in [-0.2, -0.15) is 9.67 Å². The summed E-state index contributed by atoms with van der Waals surface area (Å²) in [4.78, 5) is 43.6. The molecule has 0 aromatic carbocycles. The number of aromatic amines is 1. The number of hydrogen-bond donors (Lipinski definition) is 2. The van der Waals surface area contributed by atoms with E-state index in [2.05, 4.69) is 15.1 Å². The molecule has 0 atom stereocenters. The summed E-state index contributed by atoms with van der Waals surface area (Å²) >= 11 is 5.96. The standard InChI is InChI=1S/C20H21ClFN5O5/c1-4-26-15(9-28)25-27(20(26)31)17-13(22)8-12(19(24-17)32-10(2)3)14(29)7-11-5-6-23-18(30)16(11)21/h5-6,8,10,28H,4,7,9H2,1-3H3,(H,23,30). The molecule has 2 N–H and O–H groups in total. The summed E-state index contributed by atoms with van der Waals surface area (Å²) in [6.07, 6.45) is 0.629. The van der Waals surface area contributed by atoms with Crippen LogP contribution in [-0.2, 0) is 19.6 Å². The molecule has 3 heterocycles. The molecule has 0 amide bonds. The fourth-order valence-corrected chi connectivity index (χ4v) is 3.22. The average Bonchev–Trinajstić information content (AvgIpc) is 3.07. The van der Waals surface area contributed by atoms with Crippen LogP contribution in [0.15, 0.2) is 27.9 Å². The van der Waals surface area contributed by atoms with Crippen molar-refractivity contribution < 1.29 is 19.0 Å². The summed E-state index contributed by atoms with van der Waals surface area (Å²) < 4.78 is 22.5. The molecule has 0 aliphatic rings. The van der Waals surface area contributed by atoms with Crippen LogP contribution in [0.5, 0.6) is 5.88 Å². The van der Waals surface area contributed by atoms with Crippen LogP contribution in [-0.4, -0.2) is 41.3 Å². The highest BCUT2D eigenvalue weighted by atomic mass is 35.5. The predicted molar refractivity (Wildman–Crippen MR) is 113 cm³/mol. The van der Waals surface area contributed by atoms with Crippen molar-refractivity contribution in [3.05, 3.63) is 67.0 Å².